The second-order valence-corrected chi connectivity index (χ2v) is 6.28. The van der Waals surface area contributed by atoms with Gasteiger partial charge in [0.05, 0.1) is 12.1 Å². The van der Waals surface area contributed by atoms with Crippen LogP contribution in [0, 0.1) is 38.9 Å². The van der Waals surface area contributed by atoms with E-state index in [1.807, 2.05) is 37.3 Å². The van der Waals surface area contributed by atoms with E-state index in [2.05, 4.69) is 17.1 Å². The van der Waals surface area contributed by atoms with Crippen molar-refractivity contribution in [3.63, 3.8) is 0 Å². The van der Waals surface area contributed by atoms with Crippen LogP contribution < -0.4 is 10.7 Å². The normalized spacial score (nSPS) is 36.5. The Balaban J connectivity index is 2.19. The van der Waals surface area contributed by atoms with Gasteiger partial charge in [0, 0.05) is 19.6 Å². The first-order valence-corrected chi connectivity index (χ1v) is 7.33. The highest BCUT2D eigenvalue weighted by molar-refractivity contribution is 5.94. The summed E-state index contributed by atoms with van der Waals surface area (Å²) in [6.07, 6.45) is 0.520. The number of fused-ring (bicyclic) bond motifs is 1. The molecule has 0 unspecified atom stereocenters. The molecule has 0 bridgehead atoms. The van der Waals surface area contributed by atoms with Crippen molar-refractivity contribution in [2.75, 3.05) is 14.2 Å². The molecule has 1 aromatic carbocycles. The van der Waals surface area contributed by atoms with Gasteiger partial charge in [-0.1, -0.05) is 37.3 Å². The van der Waals surface area contributed by atoms with E-state index in [1.54, 1.807) is 0 Å². The fourth-order valence-electron chi connectivity index (χ4n) is 4.57. The molecule has 1 heterocycles. The second kappa shape index (κ2) is 4.55. The summed E-state index contributed by atoms with van der Waals surface area (Å²) in [5, 5.41) is 19.9. The van der Waals surface area contributed by atoms with Crippen molar-refractivity contribution < 1.29 is 14.5 Å². The highest BCUT2D eigenvalue weighted by atomic mass is 16.7. The monoisotopic (exact) mass is 311 g/mol. The number of nitrogens with two attached hydrogens (primary N) is 1. The third-order valence-corrected chi connectivity index (χ3v) is 5.66. The lowest BCUT2D eigenvalue weighted by Crippen LogP contribution is -2.91. The number of benzene rings is 1. The van der Waals surface area contributed by atoms with Crippen LogP contribution in [-0.2, 0) is 15.9 Å². The minimum Gasteiger partial charge on any atom is -0.317 e. The molecule has 0 aromatic heterocycles. The molecule has 0 spiro atoms. The quantitative estimate of drug-likeness (QED) is 0.740. The standard InChI is InChI=1S/C17H18N4O2/c1-14(9-12-7-5-4-6-8-12)15(10-18)13(20)21-17(22-2,23-3)16(14,15)11-19/h4-8H,9H2,1-3H3,(H2,20,21)/p+1/t14-,15+,16-/m1/s1. The molecule has 3 atom stereocenters. The second-order valence-electron chi connectivity index (χ2n) is 6.28. The first kappa shape index (κ1) is 15.5. The van der Waals surface area contributed by atoms with Crippen molar-refractivity contribution in [3.05, 3.63) is 35.9 Å². The third-order valence-electron chi connectivity index (χ3n) is 5.66. The number of hydrogen-bond donors (Lipinski definition) is 2. The van der Waals surface area contributed by atoms with E-state index in [9.17, 15) is 10.5 Å². The van der Waals surface area contributed by atoms with Gasteiger partial charge < -0.3 is 9.47 Å². The van der Waals surface area contributed by atoms with E-state index in [1.165, 1.54) is 14.2 Å². The van der Waals surface area contributed by atoms with Gasteiger partial charge in [0.15, 0.2) is 10.8 Å². The fraction of sp³-hybridized carbons (Fsp3) is 0.471. The Hall–Kier alpha value is -2.41. The first-order chi connectivity index (χ1) is 10.9. The predicted octanol–water partition coefficient (Wildman–Crippen LogP) is -0.333. The van der Waals surface area contributed by atoms with Gasteiger partial charge in [0.2, 0.25) is 0 Å². The average Bonchev–Trinajstić information content (AvgIpc) is 2.94. The SMILES string of the molecule is COC1(OC)[NH+]=C(N)[C@@]2(C#N)[C@@](C)(Cc3ccccc3)[C@@]12C#N. The number of nitrogens with one attached hydrogen (secondary N) is 1. The summed E-state index contributed by atoms with van der Waals surface area (Å²) >= 11 is 0. The summed E-state index contributed by atoms with van der Waals surface area (Å²) in [4.78, 5) is 2.90. The van der Waals surface area contributed by atoms with E-state index >= 15 is 0 Å². The maximum Gasteiger partial charge on any atom is 0.342 e. The number of amidine groups is 1. The Bertz CT molecular complexity index is 759. The van der Waals surface area contributed by atoms with Gasteiger partial charge in [0.25, 0.3) is 5.84 Å². The molecule has 6 nitrogen and oxygen atoms in total. The van der Waals surface area contributed by atoms with Crippen molar-refractivity contribution in [2.24, 2.45) is 22.0 Å². The lowest BCUT2D eigenvalue weighted by molar-refractivity contribution is -0.689. The summed E-state index contributed by atoms with van der Waals surface area (Å²) in [6.45, 7) is 1.90. The van der Waals surface area contributed by atoms with Gasteiger partial charge in [-0.05, 0) is 12.0 Å². The first-order valence-electron chi connectivity index (χ1n) is 7.33. The average molecular weight is 311 g/mol. The molecule has 0 radical (unpaired) electrons. The van der Waals surface area contributed by atoms with Crippen molar-refractivity contribution in [3.8, 4) is 12.1 Å². The van der Waals surface area contributed by atoms with E-state index in [-0.39, 0.29) is 5.84 Å². The smallest absolute Gasteiger partial charge is 0.317 e. The number of rotatable bonds is 4. The number of ether oxygens (including phenoxy) is 2. The van der Waals surface area contributed by atoms with Crippen LogP contribution in [0.15, 0.2) is 30.3 Å². The number of nitriles is 2. The van der Waals surface area contributed by atoms with Gasteiger partial charge in [-0.2, -0.15) is 10.5 Å². The molecule has 118 valence electrons. The number of methoxy groups -OCH3 is 2. The Morgan fingerprint density at radius 2 is 1.74 bits per heavy atom. The van der Waals surface area contributed by atoms with Crippen LogP contribution in [0.5, 0.6) is 0 Å². The molecule has 23 heavy (non-hydrogen) atoms. The lowest BCUT2D eigenvalue weighted by Gasteiger charge is -2.29. The van der Waals surface area contributed by atoms with Crippen LogP contribution in [0.2, 0.25) is 0 Å². The van der Waals surface area contributed by atoms with Crippen LogP contribution >= 0.6 is 0 Å². The molecule has 0 amide bonds. The molecule has 6 heteroatoms. The van der Waals surface area contributed by atoms with E-state index in [0.717, 1.165) is 5.56 Å². The summed E-state index contributed by atoms with van der Waals surface area (Å²) in [7, 11) is 2.88. The molecule has 1 fully saturated rings. The van der Waals surface area contributed by atoms with Crippen LogP contribution in [0.1, 0.15) is 12.5 Å². The minimum absolute atomic E-state index is 0.226. The maximum absolute atomic E-state index is 10.0. The molecule has 1 aliphatic heterocycles. The van der Waals surface area contributed by atoms with E-state index in [0.29, 0.717) is 6.42 Å². The molecular weight excluding hydrogens is 292 g/mol. The molecule has 1 saturated carbocycles. The Labute approximate surface area is 135 Å². The van der Waals surface area contributed by atoms with Gasteiger partial charge in [-0.3, -0.25) is 5.73 Å². The third kappa shape index (κ3) is 1.33. The predicted molar refractivity (Wildman–Crippen MR) is 81.3 cm³/mol. The fourth-order valence-corrected chi connectivity index (χ4v) is 4.57. The summed E-state index contributed by atoms with van der Waals surface area (Å²) in [5.41, 5.74) is 4.05. The maximum atomic E-state index is 10.0. The van der Waals surface area contributed by atoms with Crippen molar-refractivity contribution >= 4 is 5.84 Å². The zero-order valence-corrected chi connectivity index (χ0v) is 13.4. The van der Waals surface area contributed by atoms with Gasteiger partial charge in [-0.15, -0.1) is 0 Å². The van der Waals surface area contributed by atoms with Crippen molar-refractivity contribution in [1.29, 1.82) is 10.5 Å². The molecule has 3 rings (SSSR count). The van der Waals surface area contributed by atoms with Gasteiger partial charge >= 0.3 is 5.91 Å². The molecule has 3 N–H and O–H groups in total. The lowest BCUT2D eigenvalue weighted by atomic mass is 9.85. The zero-order valence-electron chi connectivity index (χ0n) is 13.4. The Morgan fingerprint density at radius 3 is 2.22 bits per heavy atom. The van der Waals surface area contributed by atoms with Crippen LogP contribution in [0.4, 0.5) is 0 Å². The molecule has 0 saturated heterocycles. The minimum atomic E-state index is -1.44. The number of hydrogen-bond acceptors (Lipinski definition) is 5. The zero-order chi connectivity index (χ0) is 16.9. The van der Waals surface area contributed by atoms with Crippen LogP contribution in [0.25, 0.3) is 0 Å². The number of nitrogens with zero attached hydrogens (tertiary/aromatic N) is 2. The largest absolute Gasteiger partial charge is 0.342 e. The molecule has 1 aromatic rings. The molecule has 1 aliphatic carbocycles. The van der Waals surface area contributed by atoms with Crippen molar-refractivity contribution in [1.82, 2.24) is 0 Å². The molecule has 2 aliphatic rings. The van der Waals surface area contributed by atoms with Crippen LogP contribution in [-0.4, -0.2) is 26.0 Å². The highest BCUT2D eigenvalue weighted by Crippen LogP contribution is 2.82. The summed E-state index contributed by atoms with van der Waals surface area (Å²) < 4.78 is 11.0. The Morgan fingerprint density at radius 1 is 1.13 bits per heavy atom. The van der Waals surface area contributed by atoms with Gasteiger partial charge in [0.1, 0.15) is 0 Å². The Kier molecular flexibility index (Phi) is 3.06. The molecular formula is C17H19N4O2+. The van der Waals surface area contributed by atoms with Crippen molar-refractivity contribution in [2.45, 2.75) is 19.3 Å². The van der Waals surface area contributed by atoms with Gasteiger partial charge in [-0.25, -0.2) is 4.99 Å². The highest BCUT2D eigenvalue weighted by Gasteiger charge is 3.02. The van der Waals surface area contributed by atoms with E-state index in [4.69, 9.17) is 15.2 Å². The van der Waals surface area contributed by atoms with E-state index < -0.39 is 22.2 Å². The van der Waals surface area contributed by atoms with Crippen LogP contribution in [0.3, 0.4) is 0 Å². The topological polar surface area (TPSA) is 106 Å². The summed E-state index contributed by atoms with van der Waals surface area (Å²) in [5.74, 6) is -1.21. The summed E-state index contributed by atoms with van der Waals surface area (Å²) in [6, 6.07) is 14.3.